The highest BCUT2D eigenvalue weighted by Gasteiger charge is 2.24. The molecule has 4 nitrogen and oxygen atoms in total. The van der Waals surface area contributed by atoms with Crippen molar-refractivity contribution in [1.82, 2.24) is 4.57 Å². The van der Waals surface area contributed by atoms with Gasteiger partial charge in [-0.1, -0.05) is 24.3 Å². The lowest BCUT2D eigenvalue weighted by molar-refractivity contribution is 0.0697. The van der Waals surface area contributed by atoms with E-state index in [4.69, 9.17) is 0 Å². The second kappa shape index (κ2) is 5.39. The summed E-state index contributed by atoms with van der Waals surface area (Å²) in [4.78, 5) is 11.3. The van der Waals surface area contributed by atoms with Gasteiger partial charge in [0.15, 0.2) is 0 Å². The van der Waals surface area contributed by atoms with Crippen LogP contribution in [0, 0.1) is 0 Å². The first kappa shape index (κ1) is 14.3. The third kappa shape index (κ3) is 2.30. The van der Waals surface area contributed by atoms with E-state index in [9.17, 15) is 15.0 Å². The molecular formula is C19H19NO3. The molecule has 1 aliphatic rings. The molecule has 1 aliphatic carbocycles. The maximum atomic E-state index is 11.3. The zero-order valence-corrected chi connectivity index (χ0v) is 12.8. The van der Waals surface area contributed by atoms with Gasteiger partial charge in [0, 0.05) is 22.3 Å². The summed E-state index contributed by atoms with van der Waals surface area (Å²) in [5.41, 5.74) is 2.44. The van der Waals surface area contributed by atoms with E-state index in [-0.39, 0.29) is 6.10 Å². The van der Waals surface area contributed by atoms with Gasteiger partial charge in [-0.05, 0) is 43.9 Å². The van der Waals surface area contributed by atoms with E-state index < -0.39 is 5.97 Å². The Morgan fingerprint density at radius 1 is 0.957 bits per heavy atom. The van der Waals surface area contributed by atoms with Crippen molar-refractivity contribution in [2.75, 3.05) is 0 Å². The first-order valence-electron chi connectivity index (χ1n) is 8.09. The highest BCUT2D eigenvalue weighted by atomic mass is 16.4. The summed E-state index contributed by atoms with van der Waals surface area (Å²) in [6, 6.07) is 13.9. The fourth-order valence-electron chi connectivity index (χ4n) is 3.84. The second-order valence-electron chi connectivity index (χ2n) is 6.39. The number of nitrogens with zero attached hydrogens (tertiary/aromatic N) is 1. The van der Waals surface area contributed by atoms with E-state index in [1.807, 2.05) is 18.2 Å². The summed E-state index contributed by atoms with van der Waals surface area (Å²) in [5, 5.41) is 21.3. The zero-order valence-electron chi connectivity index (χ0n) is 12.8. The molecule has 0 radical (unpaired) electrons. The van der Waals surface area contributed by atoms with Gasteiger partial charge in [0.25, 0.3) is 0 Å². The molecule has 0 bridgehead atoms. The van der Waals surface area contributed by atoms with Gasteiger partial charge < -0.3 is 14.8 Å². The van der Waals surface area contributed by atoms with Crippen molar-refractivity contribution >= 4 is 27.8 Å². The van der Waals surface area contributed by atoms with Crippen LogP contribution in [0.2, 0.25) is 0 Å². The van der Waals surface area contributed by atoms with E-state index in [2.05, 4.69) is 16.7 Å². The van der Waals surface area contributed by atoms with Crippen LogP contribution in [0.5, 0.6) is 0 Å². The number of fused-ring (bicyclic) bond motifs is 3. The number of carboxylic acids is 1. The third-order valence-corrected chi connectivity index (χ3v) is 4.99. The number of aliphatic hydroxyl groups is 1. The Kier molecular flexibility index (Phi) is 3.34. The normalized spacial score (nSPS) is 21.8. The van der Waals surface area contributed by atoms with E-state index in [1.54, 1.807) is 12.1 Å². The number of hydrogen-bond acceptors (Lipinski definition) is 2. The van der Waals surface area contributed by atoms with Crippen LogP contribution >= 0.6 is 0 Å². The number of para-hydroxylation sites is 1. The van der Waals surface area contributed by atoms with Gasteiger partial charge in [-0.3, -0.25) is 0 Å². The number of aromatic nitrogens is 1. The number of hydrogen-bond donors (Lipinski definition) is 2. The molecule has 0 atom stereocenters. The van der Waals surface area contributed by atoms with Crippen LogP contribution in [-0.2, 0) is 0 Å². The van der Waals surface area contributed by atoms with Crippen LogP contribution in [0.1, 0.15) is 42.1 Å². The predicted molar refractivity (Wildman–Crippen MR) is 89.9 cm³/mol. The Labute approximate surface area is 134 Å². The van der Waals surface area contributed by atoms with Crippen LogP contribution < -0.4 is 0 Å². The second-order valence-corrected chi connectivity index (χ2v) is 6.39. The number of carbonyl (C=O) groups is 1. The van der Waals surface area contributed by atoms with Crippen molar-refractivity contribution < 1.29 is 15.0 Å². The third-order valence-electron chi connectivity index (χ3n) is 4.99. The molecule has 0 unspecified atom stereocenters. The molecule has 1 heterocycles. The SMILES string of the molecule is O=C(O)c1ccc2c3ccccc3n(C3CCC(O)CC3)c2c1. The molecule has 3 aromatic rings. The molecule has 4 heteroatoms. The minimum absolute atomic E-state index is 0.200. The van der Waals surface area contributed by atoms with Gasteiger partial charge in [0.1, 0.15) is 0 Å². The molecule has 1 saturated carbocycles. The van der Waals surface area contributed by atoms with Crippen LogP contribution in [-0.4, -0.2) is 26.9 Å². The van der Waals surface area contributed by atoms with Crippen molar-refractivity contribution in [2.45, 2.75) is 37.8 Å². The van der Waals surface area contributed by atoms with E-state index in [1.165, 1.54) is 0 Å². The highest BCUT2D eigenvalue weighted by molar-refractivity contribution is 6.09. The number of benzene rings is 2. The van der Waals surface area contributed by atoms with Gasteiger partial charge >= 0.3 is 5.97 Å². The molecule has 2 aromatic carbocycles. The van der Waals surface area contributed by atoms with Crippen molar-refractivity contribution in [3.63, 3.8) is 0 Å². The number of carboxylic acid groups (broad SMARTS) is 1. The average molecular weight is 309 g/mol. The quantitative estimate of drug-likeness (QED) is 0.753. The van der Waals surface area contributed by atoms with Crippen LogP contribution in [0.3, 0.4) is 0 Å². The van der Waals surface area contributed by atoms with E-state index in [0.717, 1.165) is 47.5 Å². The van der Waals surface area contributed by atoms with Crippen molar-refractivity contribution in [3.8, 4) is 0 Å². The molecule has 0 spiro atoms. The van der Waals surface area contributed by atoms with Crippen molar-refractivity contribution in [1.29, 1.82) is 0 Å². The molecule has 118 valence electrons. The fraction of sp³-hybridized carbons (Fsp3) is 0.316. The lowest BCUT2D eigenvalue weighted by atomic mass is 9.92. The first-order valence-corrected chi connectivity index (χ1v) is 8.09. The molecule has 0 amide bonds. The summed E-state index contributed by atoms with van der Waals surface area (Å²) >= 11 is 0. The maximum absolute atomic E-state index is 11.3. The minimum Gasteiger partial charge on any atom is -0.478 e. The Hall–Kier alpha value is -2.33. The molecule has 4 rings (SSSR count). The number of aromatic carboxylic acids is 1. The molecular weight excluding hydrogens is 290 g/mol. The molecule has 0 aliphatic heterocycles. The summed E-state index contributed by atoms with van der Waals surface area (Å²) in [7, 11) is 0. The van der Waals surface area contributed by atoms with Gasteiger partial charge in [-0.25, -0.2) is 4.79 Å². The summed E-state index contributed by atoms with van der Waals surface area (Å²) in [6.07, 6.45) is 3.25. The Morgan fingerprint density at radius 3 is 2.39 bits per heavy atom. The summed E-state index contributed by atoms with van der Waals surface area (Å²) < 4.78 is 2.28. The monoisotopic (exact) mass is 309 g/mol. The Bertz CT molecular complexity index is 888. The maximum Gasteiger partial charge on any atom is 0.335 e. The Morgan fingerprint density at radius 2 is 1.65 bits per heavy atom. The van der Waals surface area contributed by atoms with E-state index >= 15 is 0 Å². The van der Waals surface area contributed by atoms with E-state index in [0.29, 0.717) is 11.6 Å². The lowest BCUT2D eigenvalue weighted by Gasteiger charge is -2.28. The van der Waals surface area contributed by atoms with Crippen molar-refractivity contribution in [3.05, 3.63) is 48.0 Å². The largest absolute Gasteiger partial charge is 0.478 e. The molecule has 0 saturated heterocycles. The predicted octanol–water partition coefficient (Wildman–Crippen LogP) is 3.97. The molecule has 1 fully saturated rings. The minimum atomic E-state index is -0.900. The smallest absolute Gasteiger partial charge is 0.335 e. The first-order chi connectivity index (χ1) is 11.1. The molecule has 1 aromatic heterocycles. The lowest BCUT2D eigenvalue weighted by Crippen LogP contribution is -2.21. The standard InChI is InChI=1S/C19H19NO3/c21-14-8-6-13(7-9-14)20-17-4-2-1-3-15(17)16-10-5-12(19(22)23)11-18(16)20/h1-5,10-11,13-14,21H,6-9H2,(H,22,23). The molecule has 2 N–H and O–H groups in total. The van der Waals surface area contributed by atoms with Crippen LogP contribution in [0.4, 0.5) is 0 Å². The fourth-order valence-corrected chi connectivity index (χ4v) is 3.84. The van der Waals surface area contributed by atoms with Gasteiger partial charge in [-0.15, -0.1) is 0 Å². The summed E-state index contributed by atoms with van der Waals surface area (Å²) in [6.45, 7) is 0. The number of aliphatic hydroxyl groups excluding tert-OH is 1. The van der Waals surface area contributed by atoms with Crippen LogP contribution in [0.15, 0.2) is 42.5 Å². The topological polar surface area (TPSA) is 62.5 Å². The average Bonchev–Trinajstić information content (AvgIpc) is 2.89. The van der Waals surface area contributed by atoms with Gasteiger partial charge in [-0.2, -0.15) is 0 Å². The number of rotatable bonds is 2. The van der Waals surface area contributed by atoms with Crippen LogP contribution in [0.25, 0.3) is 21.8 Å². The zero-order chi connectivity index (χ0) is 16.0. The van der Waals surface area contributed by atoms with Gasteiger partial charge in [0.2, 0.25) is 0 Å². The van der Waals surface area contributed by atoms with Gasteiger partial charge in [0.05, 0.1) is 17.2 Å². The highest BCUT2D eigenvalue weighted by Crippen LogP contribution is 2.37. The summed E-state index contributed by atoms with van der Waals surface area (Å²) in [5.74, 6) is -0.900. The van der Waals surface area contributed by atoms with Crippen molar-refractivity contribution in [2.24, 2.45) is 0 Å². The Balaban J connectivity index is 1.97. The molecule has 23 heavy (non-hydrogen) atoms.